The minimum Gasteiger partial charge on any atom is -0.389 e. The van der Waals surface area contributed by atoms with Gasteiger partial charge in [0.25, 0.3) is 0 Å². The second-order valence-electron chi connectivity index (χ2n) is 5.22. The number of carbonyl (C=O) groups is 1. The third kappa shape index (κ3) is 2.25. The van der Waals surface area contributed by atoms with Gasteiger partial charge >= 0.3 is 0 Å². The molecule has 3 heteroatoms. The molecular formula is C13H20O3. The molecule has 0 heterocycles. The molecule has 0 aromatic carbocycles. The molecule has 0 amide bonds. The Morgan fingerprint density at radius 1 is 1.56 bits per heavy atom. The standard InChI is InChI=1S/C13H20O3/c1-9-7-11(15)8-12(3,4)13(9,16)6-5-10(2)14/h5-7,11,15-16H,8H2,1-4H3/b6-5+/t11-,13+/m0/s1. The maximum absolute atomic E-state index is 10.9. The SMILES string of the molecule is CC(=O)/C=C/[C@@]1(O)C(C)=C[C@H](O)CC1(C)C. The second kappa shape index (κ2) is 4.15. The number of ketones is 1. The molecule has 0 aromatic rings. The summed E-state index contributed by atoms with van der Waals surface area (Å²) in [6, 6.07) is 0. The largest absolute Gasteiger partial charge is 0.389 e. The lowest BCUT2D eigenvalue weighted by Crippen LogP contribution is -2.48. The monoisotopic (exact) mass is 224 g/mol. The van der Waals surface area contributed by atoms with Gasteiger partial charge in [-0.25, -0.2) is 0 Å². The lowest BCUT2D eigenvalue weighted by molar-refractivity contribution is -0.112. The zero-order valence-electron chi connectivity index (χ0n) is 10.3. The van der Waals surface area contributed by atoms with E-state index in [0.29, 0.717) is 12.0 Å². The number of aliphatic hydroxyl groups excluding tert-OH is 1. The van der Waals surface area contributed by atoms with Crippen LogP contribution in [0.4, 0.5) is 0 Å². The fourth-order valence-electron chi connectivity index (χ4n) is 2.28. The molecule has 0 aromatic heterocycles. The molecule has 0 radical (unpaired) electrons. The average Bonchev–Trinajstić information content (AvgIpc) is 2.10. The molecule has 2 atom stereocenters. The molecule has 16 heavy (non-hydrogen) atoms. The van der Waals surface area contributed by atoms with E-state index in [-0.39, 0.29) is 5.78 Å². The molecule has 0 unspecified atom stereocenters. The summed E-state index contributed by atoms with van der Waals surface area (Å²) in [5.74, 6) is -0.0943. The predicted molar refractivity (Wildman–Crippen MR) is 62.9 cm³/mol. The molecule has 1 aliphatic rings. The van der Waals surface area contributed by atoms with Crippen LogP contribution in [0, 0.1) is 5.41 Å². The molecule has 0 saturated carbocycles. The molecule has 1 rings (SSSR count). The molecule has 0 fully saturated rings. The fourth-order valence-corrected chi connectivity index (χ4v) is 2.28. The van der Waals surface area contributed by atoms with E-state index in [9.17, 15) is 15.0 Å². The Bertz CT molecular complexity index is 352. The Kier molecular flexibility index (Phi) is 3.41. The van der Waals surface area contributed by atoms with Crippen molar-refractivity contribution < 1.29 is 15.0 Å². The number of carbonyl (C=O) groups excluding carboxylic acids is 1. The Morgan fingerprint density at radius 2 is 2.12 bits per heavy atom. The van der Waals surface area contributed by atoms with Gasteiger partial charge in [0.1, 0.15) is 5.60 Å². The van der Waals surface area contributed by atoms with Gasteiger partial charge in [-0.1, -0.05) is 19.9 Å². The van der Waals surface area contributed by atoms with Gasteiger partial charge in [0.05, 0.1) is 6.10 Å². The van der Waals surface area contributed by atoms with Crippen LogP contribution in [0.1, 0.15) is 34.1 Å². The average molecular weight is 224 g/mol. The first kappa shape index (κ1) is 13.1. The van der Waals surface area contributed by atoms with E-state index in [0.717, 1.165) is 0 Å². The van der Waals surface area contributed by atoms with Crippen molar-refractivity contribution >= 4 is 5.78 Å². The number of aliphatic hydroxyl groups is 2. The van der Waals surface area contributed by atoms with E-state index in [1.54, 1.807) is 13.0 Å². The molecule has 3 nitrogen and oxygen atoms in total. The smallest absolute Gasteiger partial charge is 0.152 e. The van der Waals surface area contributed by atoms with Crippen LogP contribution in [-0.2, 0) is 4.79 Å². The van der Waals surface area contributed by atoms with Crippen molar-refractivity contribution in [2.45, 2.75) is 45.8 Å². The van der Waals surface area contributed by atoms with E-state index in [2.05, 4.69) is 0 Å². The first-order valence-electron chi connectivity index (χ1n) is 5.48. The van der Waals surface area contributed by atoms with Crippen molar-refractivity contribution in [1.29, 1.82) is 0 Å². The van der Waals surface area contributed by atoms with Crippen molar-refractivity contribution in [3.05, 3.63) is 23.8 Å². The maximum Gasteiger partial charge on any atom is 0.152 e. The Balaban J connectivity index is 3.16. The van der Waals surface area contributed by atoms with Gasteiger partial charge in [-0.05, 0) is 38.0 Å². The molecule has 90 valence electrons. The van der Waals surface area contributed by atoms with E-state index in [1.807, 2.05) is 13.8 Å². The van der Waals surface area contributed by atoms with Crippen molar-refractivity contribution in [3.8, 4) is 0 Å². The predicted octanol–water partition coefficient (Wildman–Crippen LogP) is 1.60. The molecule has 0 saturated heterocycles. The summed E-state index contributed by atoms with van der Waals surface area (Å²) in [7, 11) is 0. The van der Waals surface area contributed by atoms with Gasteiger partial charge in [0, 0.05) is 5.41 Å². The summed E-state index contributed by atoms with van der Waals surface area (Å²) in [5, 5.41) is 20.3. The lowest BCUT2D eigenvalue weighted by Gasteiger charge is -2.46. The summed E-state index contributed by atoms with van der Waals surface area (Å²) in [6.07, 6.45) is 4.52. The van der Waals surface area contributed by atoms with Crippen molar-refractivity contribution in [2.75, 3.05) is 0 Å². The zero-order valence-corrected chi connectivity index (χ0v) is 10.3. The number of allylic oxidation sites excluding steroid dienone is 1. The minimum atomic E-state index is -1.15. The first-order chi connectivity index (χ1) is 7.19. The highest BCUT2D eigenvalue weighted by molar-refractivity contribution is 5.87. The Morgan fingerprint density at radius 3 is 2.56 bits per heavy atom. The van der Waals surface area contributed by atoms with Crippen LogP contribution in [0.15, 0.2) is 23.8 Å². The van der Waals surface area contributed by atoms with Gasteiger partial charge in [-0.2, -0.15) is 0 Å². The van der Waals surface area contributed by atoms with Crippen molar-refractivity contribution in [3.63, 3.8) is 0 Å². The number of rotatable bonds is 2. The van der Waals surface area contributed by atoms with E-state index >= 15 is 0 Å². The topological polar surface area (TPSA) is 57.5 Å². The van der Waals surface area contributed by atoms with Crippen LogP contribution in [0.5, 0.6) is 0 Å². The van der Waals surface area contributed by atoms with Crippen molar-refractivity contribution in [2.24, 2.45) is 5.41 Å². The summed E-state index contributed by atoms with van der Waals surface area (Å²) < 4.78 is 0. The highest BCUT2D eigenvalue weighted by Gasteiger charge is 2.46. The van der Waals surface area contributed by atoms with Crippen LogP contribution >= 0.6 is 0 Å². The fraction of sp³-hybridized carbons (Fsp3) is 0.615. The number of hydrogen-bond acceptors (Lipinski definition) is 3. The van der Waals surface area contributed by atoms with Crippen LogP contribution < -0.4 is 0 Å². The molecule has 2 N–H and O–H groups in total. The van der Waals surface area contributed by atoms with Gasteiger partial charge < -0.3 is 10.2 Å². The summed E-state index contributed by atoms with van der Waals surface area (Å²) >= 11 is 0. The van der Waals surface area contributed by atoms with Crippen LogP contribution in [0.3, 0.4) is 0 Å². The van der Waals surface area contributed by atoms with Gasteiger partial charge in [-0.3, -0.25) is 4.79 Å². The Hall–Kier alpha value is -0.930. The van der Waals surface area contributed by atoms with Crippen LogP contribution in [-0.4, -0.2) is 27.7 Å². The maximum atomic E-state index is 10.9. The Labute approximate surface area is 96.5 Å². The van der Waals surface area contributed by atoms with Crippen LogP contribution in [0.25, 0.3) is 0 Å². The van der Waals surface area contributed by atoms with Gasteiger partial charge in [0.15, 0.2) is 5.78 Å². The third-order valence-corrected chi connectivity index (χ3v) is 3.35. The molecule has 0 bridgehead atoms. The van der Waals surface area contributed by atoms with Gasteiger partial charge in [0.2, 0.25) is 0 Å². The van der Waals surface area contributed by atoms with E-state index < -0.39 is 17.1 Å². The van der Waals surface area contributed by atoms with E-state index in [1.165, 1.54) is 19.1 Å². The zero-order chi connectivity index (χ0) is 12.6. The highest BCUT2D eigenvalue weighted by atomic mass is 16.3. The third-order valence-electron chi connectivity index (χ3n) is 3.35. The lowest BCUT2D eigenvalue weighted by atomic mass is 9.64. The normalized spacial score (nSPS) is 33.9. The number of hydrogen-bond donors (Lipinski definition) is 2. The quantitative estimate of drug-likeness (QED) is 0.553. The van der Waals surface area contributed by atoms with Crippen molar-refractivity contribution in [1.82, 2.24) is 0 Å². The van der Waals surface area contributed by atoms with Crippen LogP contribution in [0.2, 0.25) is 0 Å². The summed E-state index contributed by atoms with van der Waals surface area (Å²) in [6.45, 7) is 6.99. The van der Waals surface area contributed by atoms with E-state index in [4.69, 9.17) is 0 Å². The summed E-state index contributed by atoms with van der Waals surface area (Å²) in [5.41, 5.74) is -0.955. The molecular weight excluding hydrogens is 204 g/mol. The summed E-state index contributed by atoms with van der Waals surface area (Å²) in [4.78, 5) is 10.9. The first-order valence-corrected chi connectivity index (χ1v) is 5.48. The van der Waals surface area contributed by atoms with Gasteiger partial charge in [-0.15, -0.1) is 0 Å². The highest BCUT2D eigenvalue weighted by Crippen LogP contribution is 2.45. The molecule has 0 aliphatic heterocycles. The minimum absolute atomic E-state index is 0.0943. The molecule has 1 aliphatic carbocycles. The second-order valence-corrected chi connectivity index (χ2v) is 5.22. The molecule has 0 spiro atoms.